The molecule has 0 spiro atoms. The van der Waals surface area contributed by atoms with Crippen molar-refractivity contribution in [3.8, 4) is 0 Å². The summed E-state index contributed by atoms with van der Waals surface area (Å²) in [7, 11) is 2.13. The summed E-state index contributed by atoms with van der Waals surface area (Å²) in [6, 6.07) is 5.63. The number of carbonyl (C=O) groups is 1. The zero-order valence-corrected chi connectivity index (χ0v) is 11.9. The van der Waals surface area contributed by atoms with E-state index in [9.17, 15) is 4.79 Å². The van der Waals surface area contributed by atoms with Gasteiger partial charge in [0.1, 0.15) is 0 Å². The third kappa shape index (κ3) is 2.38. The Morgan fingerprint density at radius 3 is 2.67 bits per heavy atom. The van der Waals surface area contributed by atoms with Crippen molar-refractivity contribution >= 4 is 23.6 Å². The molecule has 0 amide bonds. The first kappa shape index (κ1) is 13.4. The molecule has 1 saturated heterocycles. The summed E-state index contributed by atoms with van der Waals surface area (Å²) in [6.45, 7) is 7.22. The van der Waals surface area contributed by atoms with Crippen molar-refractivity contribution in [3.63, 3.8) is 0 Å². The lowest BCUT2D eigenvalue weighted by Crippen LogP contribution is -2.57. The third-order valence-electron chi connectivity index (χ3n) is 3.80. The molecule has 0 unspecified atom stereocenters. The molecule has 0 N–H and O–H groups in total. The van der Waals surface area contributed by atoms with Crippen LogP contribution in [0.2, 0.25) is 5.02 Å². The zero-order valence-electron chi connectivity index (χ0n) is 11.1. The summed E-state index contributed by atoms with van der Waals surface area (Å²) in [5.41, 5.74) is 1.64. The SMILES string of the molecule is CN1CCN(c2cccc(Cl)c2C=O)CC1(C)C. The molecule has 3 nitrogen and oxygen atoms in total. The topological polar surface area (TPSA) is 23.6 Å². The van der Waals surface area contributed by atoms with Crippen LogP contribution in [0, 0.1) is 0 Å². The molecule has 1 aromatic rings. The van der Waals surface area contributed by atoms with Crippen LogP contribution in [0.5, 0.6) is 0 Å². The maximum absolute atomic E-state index is 11.2. The number of hydrogen-bond acceptors (Lipinski definition) is 3. The molecule has 0 aromatic heterocycles. The van der Waals surface area contributed by atoms with E-state index in [0.717, 1.165) is 31.6 Å². The highest BCUT2D eigenvalue weighted by molar-refractivity contribution is 6.33. The summed E-state index contributed by atoms with van der Waals surface area (Å²) in [6.07, 6.45) is 0.850. The number of halogens is 1. The Morgan fingerprint density at radius 1 is 1.33 bits per heavy atom. The Kier molecular flexibility index (Phi) is 3.64. The summed E-state index contributed by atoms with van der Waals surface area (Å²) < 4.78 is 0. The van der Waals surface area contributed by atoms with Gasteiger partial charge in [-0.05, 0) is 33.0 Å². The Labute approximate surface area is 113 Å². The van der Waals surface area contributed by atoms with Gasteiger partial charge in [0, 0.05) is 30.9 Å². The number of likely N-dealkylation sites (N-methyl/N-ethyl adjacent to an activating group) is 1. The number of hydrogen-bond donors (Lipinski definition) is 0. The zero-order chi connectivity index (χ0) is 13.3. The maximum Gasteiger partial charge on any atom is 0.153 e. The molecule has 1 fully saturated rings. The fourth-order valence-corrected chi connectivity index (χ4v) is 2.58. The fourth-order valence-electron chi connectivity index (χ4n) is 2.36. The van der Waals surface area contributed by atoms with E-state index in [1.165, 1.54) is 0 Å². The lowest BCUT2D eigenvalue weighted by atomic mass is 9.98. The lowest BCUT2D eigenvalue weighted by molar-refractivity contribution is 0.112. The molecule has 4 heteroatoms. The van der Waals surface area contributed by atoms with Gasteiger partial charge in [-0.3, -0.25) is 9.69 Å². The normalized spacial score (nSPS) is 19.9. The Bertz CT molecular complexity index is 459. The molecule has 98 valence electrons. The van der Waals surface area contributed by atoms with Crippen LogP contribution in [0.15, 0.2) is 18.2 Å². The highest BCUT2D eigenvalue weighted by atomic mass is 35.5. The molecule has 1 aromatic carbocycles. The van der Waals surface area contributed by atoms with Gasteiger partial charge in [0.05, 0.1) is 10.6 Å². The number of nitrogens with zero attached hydrogens (tertiary/aromatic N) is 2. The monoisotopic (exact) mass is 266 g/mol. The molecule has 1 aliphatic rings. The predicted molar refractivity (Wildman–Crippen MR) is 75.8 cm³/mol. The minimum Gasteiger partial charge on any atom is -0.368 e. The van der Waals surface area contributed by atoms with Crippen LogP contribution in [0.3, 0.4) is 0 Å². The van der Waals surface area contributed by atoms with E-state index in [0.29, 0.717) is 10.6 Å². The number of anilines is 1. The summed E-state index contributed by atoms with van der Waals surface area (Å²) >= 11 is 6.08. The van der Waals surface area contributed by atoms with Crippen molar-refractivity contribution in [1.82, 2.24) is 4.90 Å². The average Bonchev–Trinajstić information content (AvgIpc) is 2.32. The molecule has 0 saturated carbocycles. The first-order valence-corrected chi connectivity index (χ1v) is 6.53. The van der Waals surface area contributed by atoms with E-state index >= 15 is 0 Å². The van der Waals surface area contributed by atoms with Crippen molar-refractivity contribution in [3.05, 3.63) is 28.8 Å². The van der Waals surface area contributed by atoms with E-state index in [1.54, 1.807) is 6.07 Å². The Hall–Kier alpha value is -1.06. The second kappa shape index (κ2) is 4.90. The van der Waals surface area contributed by atoms with Crippen LogP contribution < -0.4 is 4.90 Å². The lowest BCUT2D eigenvalue weighted by Gasteiger charge is -2.46. The van der Waals surface area contributed by atoms with Gasteiger partial charge in [-0.15, -0.1) is 0 Å². The Balaban J connectivity index is 2.33. The number of aldehydes is 1. The van der Waals surface area contributed by atoms with Gasteiger partial charge < -0.3 is 4.90 Å². The van der Waals surface area contributed by atoms with E-state index in [1.807, 2.05) is 12.1 Å². The van der Waals surface area contributed by atoms with Gasteiger partial charge in [0.15, 0.2) is 6.29 Å². The van der Waals surface area contributed by atoms with Gasteiger partial charge in [-0.1, -0.05) is 17.7 Å². The first-order valence-electron chi connectivity index (χ1n) is 6.15. The molecule has 0 bridgehead atoms. The van der Waals surface area contributed by atoms with Crippen molar-refractivity contribution in [2.45, 2.75) is 19.4 Å². The van der Waals surface area contributed by atoms with Gasteiger partial charge in [0.25, 0.3) is 0 Å². The van der Waals surface area contributed by atoms with Crippen LogP contribution in [0.25, 0.3) is 0 Å². The summed E-state index contributed by atoms with van der Waals surface area (Å²) in [5.74, 6) is 0. The van der Waals surface area contributed by atoms with Gasteiger partial charge in [-0.25, -0.2) is 0 Å². The minimum absolute atomic E-state index is 0.0979. The Morgan fingerprint density at radius 2 is 2.06 bits per heavy atom. The van der Waals surface area contributed by atoms with E-state index < -0.39 is 0 Å². The molecule has 0 aliphatic carbocycles. The molecule has 1 heterocycles. The second-order valence-corrected chi connectivity index (χ2v) is 5.85. The van der Waals surface area contributed by atoms with Gasteiger partial charge in [-0.2, -0.15) is 0 Å². The number of carbonyl (C=O) groups excluding carboxylic acids is 1. The minimum atomic E-state index is 0.0979. The van der Waals surface area contributed by atoms with Crippen molar-refractivity contribution in [2.24, 2.45) is 0 Å². The quantitative estimate of drug-likeness (QED) is 0.769. The molecular formula is C14H19ClN2O. The van der Waals surface area contributed by atoms with Crippen LogP contribution in [0.4, 0.5) is 5.69 Å². The highest BCUT2D eigenvalue weighted by Crippen LogP contribution is 2.29. The predicted octanol–water partition coefficient (Wildman–Crippen LogP) is 2.68. The van der Waals surface area contributed by atoms with Gasteiger partial charge in [0.2, 0.25) is 0 Å². The highest BCUT2D eigenvalue weighted by Gasteiger charge is 2.31. The molecule has 1 aliphatic heterocycles. The number of piperazine rings is 1. The molecule has 0 atom stereocenters. The fraction of sp³-hybridized carbons (Fsp3) is 0.500. The van der Waals surface area contributed by atoms with Crippen LogP contribution in [0.1, 0.15) is 24.2 Å². The summed E-state index contributed by atoms with van der Waals surface area (Å²) in [5, 5.41) is 0.527. The standard InChI is InChI=1S/C14H19ClN2O/c1-14(2)10-17(8-7-16(14)3)13-6-4-5-12(15)11(13)9-18/h4-6,9H,7-8,10H2,1-3H3. The second-order valence-electron chi connectivity index (χ2n) is 5.45. The van der Waals surface area contributed by atoms with Crippen molar-refractivity contribution in [1.29, 1.82) is 0 Å². The smallest absolute Gasteiger partial charge is 0.153 e. The molecule has 0 radical (unpaired) electrons. The van der Waals surface area contributed by atoms with E-state index in [2.05, 4.69) is 30.7 Å². The van der Waals surface area contributed by atoms with Crippen molar-refractivity contribution in [2.75, 3.05) is 31.6 Å². The largest absolute Gasteiger partial charge is 0.368 e. The van der Waals surface area contributed by atoms with E-state index in [-0.39, 0.29) is 5.54 Å². The van der Waals surface area contributed by atoms with Crippen LogP contribution in [-0.4, -0.2) is 43.4 Å². The molecule has 18 heavy (non-hydrogen) atoms. The van der Waals surface area contributed by atoms with Gasteiger partial charge >= 0.3 is 0 Å². The average molecular weight is 267 g/mol. The van der Waals surface area contributed by atoms with Crippen LogP contribution in [-0.2, 0) is 0 Å². The van der Waals surface area contributed by atoms with E-state index in [4.69, 9.17) is 11.6 Å². The summed E-state index contributed by atoms with van der Waals surface area (Å²) in [4.78, 5) is 15.8. The number of benzene rings is 1. The number of rotatable bonds is 2. The first-order chi connectivity index (χ1) is 8.45. The third-order valence-corrected chi connectivity index (χ3v) is 4.13. The molecular weight excluding hydrogens is 248 g/mol. The van der Waals surface area contributed by atoms with Crippen molar-refractivity contribution < 1.29 is 4.79 Å². The maximum atomic E-state index is 11.2. The van der Waals surface area contributed by atoms with Crippen LogP contribution >= 0.6 is 11.6 Å². The molecule has 2 rings (SSSR count).